The number of sulfone groups is 1. The van der Waals surface area contributed by atoms with Crippen molar-refractivity contribution in [3.05, 3.63) is 5.82 Å². The summed E-state index contributed by atoms with van der Waals surface area (Å²) in [5.74, 6) is 1.25. The fraction of sp³-hybridized carbons (Fsp3) is 0.909. The highest BCUT2D eigenvalue weighted by Crippen LogP contribution is 2.25. The summed E-state index contributed by atoms with van der Waals surface area (Å²) in [6.07, 6.45) is 2.25. The Morgan fingerprint density at radius 2 is 2.11 bits per heavy atom. The Kier molecular flexibility index (Phi) is 4.51. The lowest BCUT2D eigenvalue weighted by Gasteiger charge is -2.24. The van der Waals surface area contributed by atoms with Crippen LogP contribution >= 0.6 is 0 Å². The number of nitrogens with one attached hydrogen (secondary N) is 1. The van der Waals surface area contributed by atoms with Crippen molar-refractivity contribution in [2.75, 3.05) is 18.1 Å². The topological polar surface area (TPSA) is 89.8 Å². The minimum atomic E-state index is -2.85. The molecule has 19 heavy (non-hydrogen) atoms. The van der Waals surface area contributed by atoms with Gasteiger partial charge in [-0.15, -0.1) is 5.10 Å². The minimum Gasteiger partial charge on any atom is -0.307 e. The molecule has 1 fully saturated rings. The van der Waals surface area contributed by atoms with Crippen molar-refractivity contribution in [2.45, 2.75) is 45.2 Å². The van der Waals surface area contributed by atoms with Crippen LogP contribution in [0, 0.1) is 0 Å². The molecule has 1 atom stereocenters. The molecule has 1 saturated heterocycles. The van der Waals surface area contributed by atoms with E-state index in [4.69, 9.17) is 0 Å². The van der Waals surface area contributed by atoms with Crippen LogP contribution in [-0.2, 0) is 9.84 Å². The molecule has 1 aliphatic heterocycles. The maximum absolute atomic E-state index is 11.5. The SMILES string of the molecule is CCCNC(C)c1nnnn1C1CCS(=O)(=O)CC1. The van der Waals surface area contributed by atoms with Gasteiger partial charge < -0.3 is 5.32 Å². The Morgan fingerprint density at radius 1 is 1.42 bits per heavy atom. The Morgan fingerprint density at radius 3 is 2.74 bits per heavy atom. The lowest BCUT2D eigenvalue weighted by atomic mass is 10.1. The van der Waals surface area contributed by atoms with Crippen LogP contribution in [-0.4, -0.2) is 46.7 Å². The molecule has 7 nitrogen and oxygen atoms in total. The van der Waals surface area contributed by atoms with Crippen LogP contribution in [0.2, 0.25) is 0 Å². The number of aromatic nitrogens is 4. The van der Waals surface area contributed by atoms with Crippen LogP contribution in [0.15, 0.2) is 0 Å². The number of hydrogen-bond acceptors (Lipinski definition) is 6. The van der Waals surface area contributed by atoms with E-state index in [-0.39, 0.29) is 23.6 Å². The zero-order chi connectivity index (χ0) is 13.9. The van der Waals surface area contributed by atoms with Gasteiger partial charge in [0.25, 0.3) is 0 Å². The van der Waals surface area contributed by atoms with E-state index in [0.29, 0.717) is 12.8 Å². The number of nitrogens with zero attached hydrogens (tertiary/aromatic N) is 4. The Bertz CT molecular complexity index is 499. The third-order valence-electron chi connectivity index (χ3n) is 3.48. The predicted molar refractivity (Wildman–Crippen MR) is 71.5 cm³/mol. The first kappa shape index (κ1) is 14.4. The van der Waals surface area contributed by atoms with Crippen LogP contribution in [0.5, 0.6) is 0 Å². The third-order valence-corrected chi connectivity index (χ3v) is 5.19. The molecule has 2 rings (SSSR count). The molecule has 0 saturated carbocycles. The fourth-order valence-corrected chi connectivity index (χ4v) is 3.79. The van der Waals surface area contributed by atoms with E-state index in [1.54, 1.807) is 4.68 Å². The second-order valence-electron chi connectivity index (χ2n) is 5.04. The van der Waals surface area contributed by atoms with E-state index < -0.39 is 9.84 Å². The van der Waals surface area contributed by atoms with Crippen LogP contribution in [0.1, 0.15) is 51.0 Å². The van der Waals surface area contributed by atoms with Crippen molar-refractivity contribution in [1.29, 1.82) is 0 Å². The molecule has 1 aromatic rings. The Labute approximate surface area is 113 Å². The lowest BCUT2D eigenvalue weighted by molar-refractivity contribution is 0.376. The molecule has 108 valence electrons. The van der Waals surface area contributed by atoms with Crippen LogP contribution in [0.3, 0.4) is 0 Å². The van der Waals surface area contributed by atoms with Gasteiger partial charge in [0, 0.05) is 0 Å². The predicted octanol–water partition coefficient (Wildman–Crippen LogP) is 0.483. The van der Waals surface area contributed by atoms with Crippen LogP contribution < -0.4 is 5.32 Å². The van der Waals surface area contributed by atoms with Crippen molar-refractivity contribution in [1.82, 2.24) is 25.5 Å². The lowest BCUT2D eigenvalue weighted by Crippen LogP contribution is -2.30. The molecule has 1 aromatic heterocycles. The molecule has 0 spiro atoms. The van der Waals surface area contributed by atoms with Gasteiger partial charge in [0.2, 0.25) is 0 Å². The van der Waals surface area contributed by atoms with Gasteiger partial charge in [-0.3, -0.25) is 0 Å². The van der Waals surface area contributed by atoms with Crippen molar-refractivity contribution in [3.63, 3.8) is 0 Å². The van der Waals surface area contributed by atoms with E-state index in [2.05, 4.69) is 27.8 Å². The van der Waals surface area contributed by atoms with Gasteiger partial charge in [0.05, 0.1) is 23.6 Å². The minimum absolute atomic E-state index is 0.0773. The highest BCUT2D eigenvalue weighted by Gasteiger charge is 2.28. The molecule has 0 aliphatic carbocycles. The van der Waals surface area contributed by atoms with E-state index in [9.17, 15) is 8.42 Å². The highest BCUT2D eigenvalue weighted by atomic mass is 32.2. The van der Waals surface area contributed by atoms with Crippen LogP contribution in [0.4, 0.5) is 0 Å². The van der Waals surface area contributed by atoms with Gasteiger partial charge in [-0.05, 0) is 43.2 Å². The van der Waals surface area contributed by atoms with Crippen molar-refractivity contribution < 1.29 is 8.42 Å². The van der Waals surface area contributed by atoms with Gasteiger partial charge in [0.1, 0.15) is 9.84 Å². The van der Waals surface area contributed by atoms with E-state index in [1.165, 1.54) is 0 Å². The molecule has 8 heteroatoms. The molecule has 1 unspecified atom stereocenters. The summed E-state index contributed by atoms with van der Waals surface area (Å²) >= 11 is 0. The summed E-state index contributed by atoms with van der Waals surface area (Å²) in [5, 5.41) is 15.2. The first-order valence-electron chi connectivity index (χ1n) is 6.75. The number of rotatable bonds is 5. The zero-order valence-corrected chi connectivity index (χ0v) is 12.2. The van der Waals surface area contributed by atoms with E-state index >= 15 is 0 Å². The van der Waals surface area contributed by atoms with Gasteiger partial charge in [-0.25, -0.2) is 13.1 Å². The van der Waals surface area contributed by atoms with Crippen LogP contribution in [0.25, 0.3) is 0 Å². The summed E-state index contributed by atoms with van der Waals surface area (Å²) in [7, 11) is -2.85. The summed E-state index contributed by atoms with van der Waals surface area (Å²) < 4.78 is 24.7. The normalized spacial score (nSPS) is 21.4. The van der Waals surface area contributed by atoms with Crippen molar-refractivity contribution >= 4 is 9.84 Å². The average molecular weight is 287 g/mol. The molecule has 2 heterocycles. The Balaban J connectivity index is 2.07. The second-order valence-corrected chi connectivity index (χ2v) is 7.34. The smallest absolute Gasteiger partial charge is 0.168 e. The summed E-state index contributed by atoms with van der Waals surface area (Å²) in [5.41, 5.74) is 0. The maximum atomic E-state index is 11.5. The zero-order valence-electron chi connectivity index (χ0n) is 11.4. The summed E-state index contributed by atoms with van der Waals surface area (Å²) in [6.45, 7) is 5.04. The largest absolute Gasteiger partial charge is 0.307 e. The van der Waals surface area contributed by atoms with Crippen molar-refractivity contribution in [3.8, 4) is 0 Å². The summed E-state index contributed by atoms with van der Waals surface area (Å²) in [4.78, 5) is 0. The molecule has 1 N–H and O–H groups in total. The molecular formula is C11H21N5O2S. The summed E-state index contributed by atoms with van der Waals surface area (Å²) in [6, 6.07) is 0.174. The average Bonchev–Trinajstić information content (AvgIpc) is 2.85. The third kappa shape index (κ3) is 3.50. The standard InChI is InChI=1S/C11H21N5O2S/c1-3-6-12-9(2)11-13-14-15-16(11)10-4-7-19(17,18)8-5-10/h9-10,12H,3-8H2,1-2H3. The number of hydrogen-bond donors (Lipinski definition) is 1. The van der Waals surface area contributed by atoms with E-state index in [1.807, 2.05) is 6.92 Å². The molecule has 1 aliphatic rings. The molecule has 0 bridgehead atoms. The van der Waals surface area contributed by atoms with Gasteiger partial charge in [-0.2, -0.15) is 0 Å². The first-order valence-corrected chi connectivity index (χ1v) is 8.57. The quantitative estimate of drug-likeness (QED) is 0.847. The van der Waals surface area contributed by atoms with Gasteiger partial charge in [-0.1, -0.05) is 6.92 Å². The molecular weight excluding hydrogens is 266 g/mol. The molecule has 0 aromatic carbocycles. The monoisotopic (exact) mass is 287 g/mol. The number of tetrazole rings is 1. The Hall–Kier alpha value is -1.02. The molecule has 0 amide bonds. The second kappa shape index (κ2) is 5.96. The van der Waals surface area contributed by atoms with Gasteiger partial charge >= 0.3 is 0 Å². The maximum Gasteiger partial charge on any atom is 0.168 e. The van der Waals surface area contributed by atoms with Gasteiger partial charge in [0.15, 0.2) is 5.82 Å². The fourth-order valence-electron chi connectivity index (χ4n) is 2.32. The first-order chi connectivity index (χ1) is 9.03. The highest BCUT2D eigenvalue weighted by molar-refractivity contribution is 7.91. The van der Waals surface area contributed by atoms with Crippen molar-refractivity contribution in [2.24, 2.45) is 0 Å². The van der Waals surface area contributed by atoms with E-state index in [0.717, 1.165) is 18.8 Å². The molecule has 0 radical (unpaired) electrons.